The van der Waals surface area contributed by atoms with Crippen molar-refractivity contribution in [1.29, 1.82) is 0 Å². The van der Waals surface area contributed by atoms with Crippen LogP contribution in [0.4, 0.5) is 0 Å². The highest BCUT2D eigenvalue weighted by molar-refractivity contribution is 5.80. The van der Waals surface area contributed by atoms with Gasteiger partial charge >= 0.3 is 0 Å². The number of phenolic OH excluding ortho intramolecular Hbond substituents is 1. The second-order valence-corrected chi connectivity index (χ2v) is 8.84. The molecule has 0 fully saturated rings. The van der Waals surface area contributed by atoms with Gasteiger partial charge in [-0.15, -0.1) is 0 Å². The van der Waals surface area contributed by atoms with Crippen molar-refractivity contribution in [2.24, 2.45) is 0 Å². The van der Waals surface area contributed by atoms with Crippen molar-refractivity contribution in [3.63, 3.8) is 0 Å². The quantitative estimate of drug-likeness (QED) is 0.384. The molecule has 2 unspecified atom stereocenters. The van der Waals surface area contributed by atoms with E-state index in [1.54, 1.807) is 42.7 Å². The van der Waals surface area contributed by atoms with Crippen LogP contribution in [0.5, 0.6) is 17.2 Å². The Morgan fingerprint density at radius 3 is 2.58 bits per heavy atom. The van der Waals surface area contributed by atoms with E-state index in [0.29, 0.717) is 34.6 Å². The molecule has 0 radical (unpaired) electrons. The first-order valence-corrected chi connectivity index (χ1v) is 11.5. The maximum Gasteiger partial charge on any atom is 0.231 e. The number of fused-ring (bicyclic) bond motifs is 2. The molecule has 4 aromatic rings. The van der Waals surface area contributed by atoms with E-state index in [9.17, 15) is 14.7 Å². The first-order valence-electron chi connectivity index (χ1n) is 11.5. The fourth-order valence-electron chi connectivity index (χ4n) is 4.43. The summed E-state index contributed by atoms with van der Waals surface area (Å²) in [4.78, 5) is 28.6. The Labute approximate surface area is 206 Å². The molecule has 9 heteroatoms. The lowest BCUT2D eigenvalue weighted by molar-refractivity contribution is -0.121. The highest BCUT2D eigenvalue weighted by atomic mass is 16.7. The number of phenols is 1. The first-order chi connectivity index (χ1) is 17.4. The summed E-state index contributed by atoms with van der Waals surface area (Å²) in [6, 6.07) is 13.4. The van der Waals surface area contributed by atoms with Gasteiger partial charge in [0.2, 0.25) is 12.7 Å². The Kier molecular flexibility index (Phi) is 6.39. The lowest BCUT2D eigenvalue weighted by atomic mass is 9.87. The van der Waals surface area contributed by atoms with Crippen LogP contribution in [0.1, 0.15) is 35.3 Å². The number of carbonyl (C=O) groups is 1. The van der Waals surface area contributed by atoms with Gasteiger partial charge in [0, 0.05) is 36.1 Å². The number of amides is 1. The van der Waals surface area contributed by atoms with Crippen molar-refractivity contribution >= 4 is 16.9 Å². The Morgan fingerprint density at radius 1 is 1.06 bits per heavy atom. The third-order valence-electron chi connectivity index (χ3n) is 6.36. The second-order valence-electron chi connectivity index (χ2n) is 8.84. The molecule has 0 spiro atoms. The summed E-state index contributed by atoms with van der Waals surface area (Å²) in [6.07, 6.45) is 2.85. The summed E-state index contributed by atoms with van der Waals surface area (Å²) in [6.45, 7) is 0.325. The van der Waals surface area contributed by atoms with Gasteiger partial charge in [0.15, 0.2) is 16.9 Å². The third-order valence-corrected chi connectivity index (χ3v) is 6.36. The number of nitrogens with zero attached hydrogens (tertiary/aromatic N) is 1. The van der Waals surface area contributed by atoms with Crippen LogP contribution in [0.15, 0.2) is 74.7 Å². The summed E-state index contributed by atoms with van der Waals surface area (Å²) in [5, 5.41) is 14.2. The summed E-state index contributed by atoms with van der Waals surface area (Å²) in [5.74, 6) is 0.359. The summed E-state index contributed by atoms with van der Waals surface area (Å²) < 4.78 is 22.1. The predicted octanol–water partition coefficient (Wildman–Crippen LogP) is 3.76. The lowest BCUT2D eigenvalue weighted by Crippen LogP contribution is -2.35. The number of aromatic hydroxyl groups is 1. The van der Waals surface area contributed by atoms with E-state index in [-0.39, 0.29) is 41.9 Å². The molecule has 2 aromatic heterocycles. The zero-order valence-corrected chi connectivity index (χ0v) is 19.9. The standard InChI is InChI=1S/C27H26N2O7/c1-29(2)20(23-8-5-9-33-23)13-28-26(31)11-17(18-10-24-25(12-21(18)30)36-15-35-24)19-14-34-22-7-4-3-6-16(22)27(19)32/h3-10,12,14,17,20,30H,11,13,15H2,1-2H3,(H,28,31). The van der Waals surface area contributed by atoms with E-state index < -0.39 is 5.92 Å². The van der Waals surface area contributed by atoms with Crippen LogP contribution in [0, 0.1) is 0 Å². The van der Waals surface area contributed by atoms with Crippen molar-refractivity contribution in [2.45, 2.75) is 18.4 Å². The highest BCUT2D eigenvalue weighted by Crippen LogP contribution is 2.42. The summed E-state index contributed by atoms with van der Waals surface area (Å²) >= 11 is 0. The molecule has 0 saturated carbocycles. The van der Waals surface area contributed by atoms with Crippen molar-refractivity contribution in [2.75, 3.05) is 27.4 Å². The minimum Gasteiger partial charge on any atom is -0.508 e. The van der Waals surface area contributed by atoms with E-state index in [1.165, 1.54) is 12.3 Å². The zero-order valence-electron chi connectivity index (χ0n) is 19.9. The van der Waals surface area contributed by atoms with Crippen molar-refractivity contribution in [1.82, 2.24) is 10.2 Å². The van der Waals surface area contributed by atoms with Crippen LogP contribution in [0.25, 0.3) is 11.0 Å². The minimum atomic E-state index is -0.790. The van der Waals surface area contributed by atoms with Crippen molar-refractivity contribution in [3.8, 4) is 17.2 Å². The van der Waals surface area contributed by atoms with Crippen molar-refractivity contribution in [3.05, 3.63) is 88.2 Å². The molecule has 0 aliphatic carbocycles. The Morgan fingerprint density at radius 2 is 1.83 bits per heavy atom. The van der Waals surface area contributed by atoms with Gasteiger partial charge in [-0.3, -0.25) is 14.5 Å². The molecule has 2 aromatic carbocycles. The van der Waals surface area contributed by atoms with Gasteiger partial charge in [-0.2, -0.15) is 0 Å². The fourth-order valence-corrected chi connectivity index (χ4v) is 4.43. The molecule has 3 heterocycles. The topological polar surface area (TPSA) is 114 Å². The van der Waals surface area contributed by atoms with Crippen LogP contribution < -0.4 is 20.2 Å². The normalized spacial score (nSPS) is 14.2. The van der Waals surface area contributed by atoms with E-state index >= 15 is 0 Å². The van der Waals surface area contributed by atoms with E-state index in [2.05, 4.69) is 5.32 Å². The van der Waals surface area contributed by atoms with Crippen LogP contribution in [-0.4, -0.2) is 43.3 Å². The minimum absolute atomic E-state index is 0.0280. The van der Waals surface area contributed by atoms with Gasteiger partial charge in [-0.25, -0.2) is 0 Å². The van der Waals surface area contributed by atoms with E-state index in [4.69, 9.17) is 18.3 Å². The average Bonchev–Trinajstić information content (AvgIpc) is 3.55. The summed E-state index contributed by atoms with van der Waals surface area (Å²) in [5.41, 5.74) is 0.797. The van der Waals surface area contributed by atoms with Gasteiger partial charge in [-0.1, -0.05) is 12.1 Å². The van der Waals surface area contributed by atoms with Gasteiger partial charge in [0.1, 0.15) is 17.1 Å². The van der Waals surface area contributed by atoms with Crippen molar-refractivity contribution < 1.29 is 28.2 Å². The van der Waals surface area contributed by atoms with Gasteiger partial charge in [0.05, 0.1) is 24.0 Å². The van der Waals surface area contributed by atoms with Gasteiger partial charge in [0.25, 0.3) is 0 Å². The average molecular weight is 491 g/mol. The largest absolute Gasteiger partial charge is 0.508 e. The Bertz CT molecular complexity index is 1440. The monoisotopic (exact) mass is 490 g/mol. The fraction of sp³-hybridized carbons (Fsp3) is 0.259. The molecular formula is C27H26N2O7. The van der Waals surface area contributed by atoms with Gasteiger partial charge in [-0.05, 0) is 44.4 Å². The molecule has 1 aliphatic heterocycles. The number of ether oxygens (including phenoxy) is 2. The molecule has 2 N–H and O–H groups in total. The first kappa shape index (κ1) is 23.5. The van der Waals surface area contributed by atoms with E-state index in [1.807, 2.05) is 25.1 Å². The maximum absolute atomic E-state index is 13.4. The molecule has 36 heavy (non-hydrogen) atoms. The predicted molar refractivity (Wildman–Crippen MR) is 131 cm³/mol. The number of carbonyl (C=O) groups excluding carboxylic acids is 1. The van der Waals surface area contributed by atoms with Crippen LogP contribution >= 0.6 is 0 Å². The number of rotatable bonds is 8. The maximum atomic E-state index is 13.4. The molecule has 1 amide bonds. The number of para-hydroxylation sites is 1. The molecule has 186 valence electrons. The second kappa shape index (κ2) is 9.79. The number of nitrogens with one attached hydrogen (secondary N) is 1. The number of hydrogen-bond donors (Lipinski definition) is 2. The highest BCUT2D eigenvalue weighted by Gasteiger charge is 2.29. The molecule has 0 bridgehead atoms. The van der Waals surface area contributed by atoms with Crippen LogP contribution in [-0.2, 0) is 4.79 Å². The number of furan rings is 1. The van der Waals surface area contributed by atoms with Crippen LogP contribution in [0.2, 0.25) is 0 Å². The van der Waals surface area contributed by atoms with Crippen LogP contribution in [0.3, 0.4) is 0 Å². The molecule has 2 atom stereocenters. The van der Waals surface area contributed by atoms with E-state index in [0.717, 1.165) is 5.76 Å². The Hall–Kier alpha value is -4.24. The lowest BCUT2D eigenvalue weighted by Gasteiger charge is -2.23. The molecule has 9 nitrogen and oxygen atoms in total. The number of hydrogen-bond acceptors (Lipinski definition) is 8. The molecule has 5 rings (SSSR count). The smallest absolute Gasteiger partial charge is 0.231 e. The third kappa shape index (κ3) is 4.52. The number of likely N-dealkylation sites (N-methyl/N-ethyl adjacent to an activating group) is 1. The molecule has 1 aliphatic rings. The molecular weight excluding hydrogens is 464 g/mol. The summed E-state index contributed by atoms with van der Waals surface area (Å²) in [7, 11) is 3.79. The molecule has 0 saturated heterocycles. The number of benzene rings is 2. The Balaban J connectivity index is 1.48. The SMILES string of the molecule is CN(C)C(CNC(=O)CC(c1cc2c(cc1O)OCO2)c1coc2ccccc2c1=O)c1ccco1. The van der Waals surface area contributed by atoms with Gasteiger partial charge < -0.3 is 28.7 Å². The zero-order chi connectivity index (χ0) is 25.2.